The average Bonchev–Trinajstić information content (AvgIpc) is 3.13. The number of Topliss-reactive ketones (excluding diaryl/α,β-unsaturated/α-hetero) is 1. The number of hydrogen-bond acceptors (Lipinski definition) is 5. The Hall–Kier alpha value is -5.37. The van der Waals surface area contributed by atoms with Crippen molar-refractivity contribution in [2.24, 2.45) is 4.99 Å². The van der Waals surface area contributed by atoms with E-state index in [9.17, 15) is 19.2 Å². The van der Waals surface area contributed by atoms with Crippen molar-refractivity contribution in [3.8, 4) is 0 Å². The minimum absolute atomic E-state index is 0.113. The van der Waals surface area contributed by atoms with Gasteiger partial charge in [0.15, 0.2) is 5.78 Å². The van der Waals surface area contributed by atoms with Crippen LogP contribution in [0.2, 0.25) is 0 Å². The molecule has 1 unspecified atom stereocenters. The number of carbonyl (C=O) groups is 4. The Morgan fingerprint density at radius 3 is 2.10 bits per heavy atom. The van der Waals surface area contributed by atoms with E-state index in [4.69, 9.17) is 4.99 Å². The first-order valence-electron chi connectivity index (χ1n) is 13.7. The molecule has 0 fully saturated rings. The van der Waals surface area contributed by atoms with Crippen LogP contribution in [-0.2, 0) is 20.8 Å². The van der Waals surface area contributed by atoms with Crippen molar-refractivity contribution in [2.75, 3.05) is 11.4 Å². The fourth-order valence-corrected chi connectivity index (χ4v) is 4.77. The third-order valence-electron chi connectivity index (χ3n) is 6.91. The third-order valence-corrected chi connectivity index (χ3v) is 6.91. The summed E-state index contributed by atoms with van der Waals surface area (Å²) in [5.74, 6) is -1.72. The lowest BCUT2D eigenvalue weighted by Gasteiger charge is -2.25. The Bertz CT molecular complexity index is 1620. The van der Waals surface area contributed by atoms with Gasteiger partial charge in [0.05, 0.1) is 24.4 Å². The average molecular weight is 559 g/mol. The van der Waals surface area contributed by atoms with Gasteiger partial charge in [0.2, 0.25) is 18.0 Å². The van der Waals surface area contributed by atoms with Crippen molar-refractivity contribution in [3.05, 3.63) is 138 Å². The van der Waals surface area contributed by atoms with Gasteiger partial charge < -0.3 is 15.5 Å². The number of benzodiazepines with no additional fused rings is 1. The van der Waals surface area contributed by atoms with Crippen molar-refractivity contribution < 1.29 is 19.2 Å². The van der Waals surface area contributed by atoms with Gasteiger partial charge in [0, 0.05) is 16.7 Å². The first-order chi connectivity index (χ1) is 20.4. The summed E-state index contributed by atoms with van der Waals surface area (Å²) in [6, 6.07) is 33.6. The molecule has 0 bridgehead atoms. The van der Waals surface area contributed by atoms with E-state index in [0.29, 0.717) is 22.5 Å². The van der Waals surface area contributed by atoms with Gasteiger partial charge in [0.25, 0.3) is 5.91 Å². The predicted molar refractivity (Wildman–Crippen MR) is 161 cm³/mol. The molecular formula is C34H30N4O4. The van der Waals surface area contributed by atoms with E-state index in [-0.39, 0.29) is 24.7 Å². The fourth-order valence-electron chi connectivity index (χ4n) is 4.77. The number of nitrogens with zero attached hydrogens (tertiary/aromatic N) is 2. The van der Waals surface area contributed by atoms with Crippen LogP contribution < -0.4 is 15.5 Å². The molecule has 4 aromatic carbocycles. The number of fused-ring (bicyclic) bond motifs is 1. The first kappa shape index (κ1) is 28.2. The van der Waals surface area contributed by atoms with E-state index < -0.39 is 24.0 Å². The summed E-state index contributed by atoms with van der Waals surface area (Å²) in [5, 5.41) is 5.41. The zero-order valence-corrected chi connectivity index (χ0v) is 23.1. The van der Waals surface area contributed by atoms with Crippen molar-refractivity contribution in [1.82, 2.24) is 10.6 Å². The number of ketones is 1. The lowest BCUT2D eigenvalue weighted by Crippen LogP contribution is -2.53. The number of hydrogen-bond donors (Lipinski definition) is 2. The Balaban J connectivity index is 1.44. The summed E-state index contributed by atoms with van der Waals surface area (Å²) in [5.41, 5.74) is 3.69. The Morgan fingerprint density at radius 2 is 1.40 bits per heavy atom. The molecule has 8 heteroatoms. The molecule has 0 saturated carbocycles. The van der Waals surface area contributed by atoms with Crippen molar-refractivity contribution in [2.45, 2.75) is 25.6 Å². The van der Waals surface area contributed by atoms with E-state index in [0.717, 1.165) is 11.1 Å². The van der Waals surface area contributed by atoms with Crippen LogP contribution in [0.1, 0.15) is 34.0 Å². The number of para-hydroxylation sites is 1. The maximum atomic E-state index is 14.0. The molecule has 5 rings (SSSR count). The maximum absolute atomic E-state index is 14.0. The summed E-state index contributed by atoms with van der Waals surface area (Å²) in [4.78, 5) is 59.3. The number of anilines is 1. The first-order valence-corrected chi connectivity index (χ1v) is 13.7. The summed E-state index contributed by atoms with van der Waals surface area (Å²) >= 11 is 0. The smallest absolute Gasteiger partial charge is 0.272 e. The lowest BCUT2D eigenvalue weighted by atomic mass is 10.00. The number of aliphatic imine (C=N–C) groups is 1. The van der Waals surface area contributed by atoms with E-state index in [1.807, 2.05) is 78.9 Å². The van der Waals surface area contributed by atoms with Crippen molar-refractivity contribution in [1.29, 1.82) is 0 Å². The molecular weight excluding hydrogens is 528 g/mol. The van der Waals surface area contributed by atoms with Gasteiger partial charge in [-0.1, -0.05) is 109 Å². The van der Waals surface area contributed by atoms with Crippen LogP contribution in [0.4, 0.5) is 5.69 Å². The van der Waals surface area contributed by atoms with Crippen LogP contribution in [0.15, 0.2) is 120 Å². The van der Waals surface area contributed by atoms with Gasteiger partial charge in [-0.05, 0) is 18.6 Å². The fraction of sp³-hybridized carbons (Fsp3) is 0.147. The highest BCUT2D eigenvalue weighted by atomic mass is 16.2. The minimum atomic E-state index is -1.34. The zero-order valence-electron chi connectivity index (χ0n) is 23.1. The molecule has 42 heavy (non-hydrogen) atoms. The highest BCUT2D eigenvalue weighted by Gasteiger charge is 2.35. The second kappa shape index (κ2) is 12.9. The molecule has 0 aromatic heterocycles. The molecule has 2 N–H and O–H groups in total. The van der Waals surface area contributed by atoms with Crippen molar-refractivity contribution in [3.63, 3.8) is 0 Å². The molecule has 1 aliphatic rings. The molecule has 210 valence electrons. The summed E-state index contributed by atoms with van der Waals surface area (Å²) in [6.07, 6.45) is -1.22. The second-order valence-electron chi connectivity index (χ2n) is 9.94. The molecule has 4 aromatic rings. The molecule has 0 aliphatic carbocycles. The Labute approximate surface area is 244 Å². The second-order valence-corrected chi connectivity index (χ2v) is 9.94. The van der Waals surface area contributed by atoms with Gasteiger partial charge in [-0.3, -0.25) is 19.2 Å². The quantitative estimate of drug-likeness (QED) is 0.304. The van der Waals surface area contributed by atoms with E-state index in [1.165, 1.54) is 4.90 Å². The largest absolute Gasteiger partial charge is 0.344 e. The topological polar surface area (TPSA) is 108 Å². The molecule has 0 saturated heterocycles. The van der Waals surface area contributed by atoms with Gasteiger partial charge in [-0.2, -0.15) is 0 Å². The highest BCUT2D eigenvalue weighted by Crippen LogP contribution is 2.28. The molecule has 1 heterocycles. The summed E-state index contributed by atoms with van der Waals surface area (Å²) < 4.78 is 0. The minimum Gasteiger partial charge on any atom is -0.344 e. The molecule has 2 atom stereocenters. The van der Waals surface area contributed by atoms with Crippen LogP contribution in [-0.4, -0.2) is 48.0 Å². The predicted octanol–water partition coefficient (Wildman–Crippen LogP) is 3.94. The third kappa shape index (κ3) is 6.50. The zero-order chi connectivity index (χ0) is 29.5. The van der Waals surface area contributed by atoms with Crippen molar-refractivity contribution >= 4 is 34.9 Å². The van der Waals surface area contributed by atoms with Gasteiger partial charge in [-0.15, -0.1) is 0 Å². The maximum Gasteiger partial charge on any atom is 0.272 e. The molecule has 3 amide bonds. The van der Waals surface area contributed by atoms with Crippen LogP contribution in [0.25, 0.3) is 0 Å². The van der Waals surface area contributed by atoms with Crippen LogP contribution >= 0.6 is 0 Å². The number of benzene rings is 4. The monoisotopic (exact) mass is 558 g/mol. The van der Waals surface area contributed by atoms with Crippen LogP contribution in [0.5, 0.6) is 0 Å². The summed E-state index contributed by atoms with van der Waals surface area (Å²) in [6.45, 7) is 1.31. The lowest BCUT2D eigenvalue weighted by molar-refractivity contribution is -0.130. The molecule has 0 radical (unpaired) electrons. The van der Waals surface area contributed by atoms with Crippen LogP contribution in [0, 0.1) is 0 Å². The normalized spacial score (nSPS) is 15.1. The number of nitrogens with one attached hydrogen (secondary N) is 2. The van der Waals surface area contributed by atoms with Gasteiger partial charge >= 0.3 is 0 Å². The van der Waals surface area contributed by atoms with E-state index >= 15 is 0 Å². The molecule has 0 spiro atoms. The number of amides is 3. The summed E-state index contributed by atoms with van der Waals surface area (Å²) in [7, 11) is 0. The van der Waals surface area contributed by atoms with E-state index in [2.05, 4.69) is 10.6 Å². The van der Waals surface area contributed by atoms with Crippen LogP contribution in [0.3, 0.4) is 0 Å². The molecule has 8 nitrogen and oxygen atoms in total. The SMILES string of the molecule is C[C@H](NC(=O)Cc1ccccc1)C(=O)NC1N=C(c2ccccc2)c2ccccc2N(CC(=O)c2ccccc2)C1=O. The Morgan fingerprint density at radius 1 is 0.810 bits per heavy atom. The Kier molecular flexibility index (Phi) is 8.63. The van der Waals surface area contributed by atoms with E-state index in [1.54, 1.807) is 43.3 Å². The number of rotatable bonds is 9. The van der Waals surface area contributed by atoms with Gasteiger partial charge in [0.1, 0.15) is 6.04 Å². The number of carbonyl (C=O) groups excluding carboxylic acids is 4. The standard InChI is InChI=1S/C34H30N4O4/c1-23(35-30(40)21-24-13-5-2-6-14-24)33(41)37-32-34(42)38(22-29(39)25-15-7-3-8-16-25)28-20-12-11-19-27(28)31(36-32)26-17-9-4-10-18-26/h2-20,23,32H,21-22H2,1H3,(H,35,40)(H,37,41)/t23-,32?/m0/s1. The highest BCUT2D eigenvalue weighted by molar-refractivity contribution is 6.21. The molecule has 1 aliphatic heterocycles. The van der Waals surface area contributed by atoms with Gasteiger partial charge in [-0.25, -0.2) is 4.99 Å².